The molecule has 1 saturated carbocycles. The number of aromatic amines is 1. The number of H-pyrrole nitrogens is 1. The number of fused-ring (bicyclic) bond motifs is 1. The van der Waals surface area contributed by atoms with E-state index in [1.54, 1.807) is 13.2 Å². The summed E-state index contributed by atoms with van der Waals surface area (Å²) >= 11 is 0. The van der Waals surface area contributed by atoms with Gasteiger partial charge < -0.3 is 5.32 Å². The van der Waals surface area contributed by atoms with Crippen LogP contribution in [0.2, 0.25) is 0 Å². The Morgan fingerprint density at radius 2 is 1.97 bits per heavy atom. The van der Waals surface area contributed by atoms with Gasteiger partial charge in [-0.3, -0.25) is 14.3 Å². The van der Waals surface area contributed by atoms with E-state index in [9.17, 15) is 9.59 Å². The third-order valence-electron chi connectivity index (χ3n) is 5.89. The van der Waals surface area contributed by atoms with Gasteiger partial charge in [0.2, 0.25) is 0 Å². The van der Waals surface area contributed by atoms with Crippen molar-refractivity contribution in [3.05, 3.63) is 88.5 Å². The number of benzene rings is 2. The molecule has 1 amide bonds. The van der Waals surface area contributed by atoms with Crippen molar-refractivity contribution in [3.8, 4) is 11.1 Å². The molecule has 6 nitrogen and oxygen atoms in total. The van der Waals surface area contributed by atoms with Crippen LogP contribution in [0.3, 0.4) is 0 Å². The molecule has 0 radical (unpaired) electrons. The lowest BCUT2D eigenvalue weighted by Crippen LogP contribution is -2.25. The van der Waals surface area contributed by atoms with Gasteiger partial charge in [0.1, 0.15) is 0 Å². The summed E-state index contributed by atoms with van der Waals surface area (Å²) in [7, 11) is 1.71. The van der Waals surface area contributed by atoms with E-state index >= 15 is 0 Å². The highest BCUT2D eigenvalue weighted by molar-refractivity contribution is 5.95. The van der Waals surface area contributed by atoms with Crippen LogP contribution in [0.15, 0.2) is 71.7 Å². The SMILES string of the molecule is Cn1c(=O)[nH]c2ncc(-c3cccc(C(=O)NC[C@H]4C[C@H]4c4ccccc4)c3)cc21. The molecule has 0 unspecified atom stereocenters. The van der Waals surface area contributed by atoms with Gasteiger partial charge in [-0.1, -0.05) is 42.5 Å². The summed E-state index contributed by atoms with van der Waals surface area (Å²) in [6.07, 6.45) is 2.83. The molecule has 30 heavy (non-hydrogen) atoms. The maximum absolute atomic E-state index is 12.7. The minimum atomic E-state index is -0.198. The minimum absolute atomic E-state index is 0.0707. The molecule has 0 bridgehead atoms. The zero-order valence-corrected chi connectivity index (χ0v) is 16.6. The summed E-state index contributed by atoms with van der Waals surface area (Å²) in [4.78, 5) is 31.5. The van der Waals surface area contributed by atoms with E-state index in [0.29, 0.717) is 29.6 Å². The maximum Gasteiger partial charge on any atom is 0.327 e. The van der Waals surface area contributed by atoms with Gasteiger partial charge in [0.05, 0.1) is 5.52 Å². The molecule has 2 heterocycles. The first-order chi connectivity index (χ1) is 14.6. The normalized spacial score (nSPS) is 17.8. The van der Waals surface area contributed by atoms with Gasteiger partial charge in [0, 0.05) is 30.9 Å². The maximum atomic E-state index is 12.7. The summed E-state index contributed by atoms with van der Waals surface area (Å²) < 4.78 is 1.53. The van der Waals surface area contributed by atoms with Gasteiger partial charge in [0.25, 0.3) is 5.91 Å². The molecule has 150 valence electrons. The standard InChI is InChI=1S/C24H22N4O2/c1-28-21-12-18(13-25-22(21)27-24(28)30)16-8-5-9-17(10-16)23(29)26-14-19-11-20(19)15-6-3-2-4-7-15/h2-10,12-13,19-20H,11,14H2,1H3,(H,26,29)(H,25,27,30)/t19-,20+/m1/s1. The number of aromatic nitrogens is 3. The van der Waals surface area contributed by atoms with Gasteiger partial charge in [-0.15, -0.1) is 0 Å². The number of nitrogens with one attached hydrogen (secondary N) is 2. The molecule has 5 rings (SSSR count). The fourth-order valence-electron chi connectivity index (χ4n) is 4.01. The molecular weight excluding hydrogens is 376 g/mol. The largest absolute Gasteiger partial charge is 0.352 e. The van der Waals surface area contributed by atoms with Crippen LogP contribution in [-0.4, -0.2) is 27.0 Å². The predicted octanol–water partition coefficient (Wildman–Crippen LogP) is 3.46. The second kappa shape index (κ2) is 7.30. The Kier molecular flexibility index (Phi) is 4.47. The smallest absolute Gasteiger partial charge is 0.327 e. The Morgan fingerprint density at radius 3 is 2.80 bits per heavy atom. The number of carbonyl (C=O) groups is 1. The van der Waals surface area contributed by atoms with Crippen molar-refractivity contribution in [2.24, 2.45) is 13.0 Å². The van der Waals surface area contributed by atoms with E-state index in [2.05, 4.69) is 39.6 Å². The molecule has 2 aromatic carbocycles. The molecule has 1 aliphatic rings. The van der Waals surface area contributed by atoms with E-state index in [4.69, 9.17) is 0 Å². The summed E-state index contributed by atoms with van der Waals surface area (Å²) in [5.41, 5.74) is 4.80. The molecule has 0 saturated heterocycles. The molecular formula is C24H22N4O2. The first kappa shape index (κ1) is 18.4. The molecule has 2 N–H and O–H groups in total. The first-order valence-electron chi connectivity index (χ1n) is 10.1. The van der Waals surface area contributed by atoms with Crippen molar-refractivity contribution in [1.29, 1.82) is 0 Å². The summed E-state index contributed by atoms with van der Waals surface area (Å²) in [6, 6.07) is 19.9. The average Bonchev–Trinajstić information content (AvgIpc) is 3.51. The van der Waals surface area contributed by atoms with Gasteiger partial charge >= 0.3 is 5.69 Å². The van der Waals surface area contributed by atoms with Gasteiger partial charge in [-0.05, 0) is 47.6 Å². The second-order valence-electron chi connectivity index (χ2n) is 7.88. The number of imidazole rings is 1. The summed E-state index contributed by atoms with van der Waals surface area (Å²) in [6.45, 7) is 0.682. The van der Waals surface area contributed by atoms with Crippen molar-refractivity contribution in [2.75, 3.05) is 6.54 Å². The fourth-order valence-corrected chi connectivity index (χ4v) is 4.01. The van der Waals surface area contributed by atoms with Crippen LogP contribution in [0.25, 0.3) is 22.3 Å². The van der Waals surface area contributed by atoms with Crippen LogP contribution < -0.4 is 11.0 Å². The molecule has 2 aromatic heterocycles. The van der Waals surface area contributed by atoms with Crippen LogP contribution >= 0.6 is 0 Å². The van der Waals surface area contributed by atoms with E-state index in [1.807, 2.05) is 36.4 Å². The van der Waals surface area contributed by atoms with Crippen LogP contribution in [0.5, 0.6) is 0 Å². The zero-order valence-electron chi connectivity index (χ0n) is 16.6. The molecule has 1 fully saturated rings. The lowest BCUT2D eigenvalue weighted by atomic mass is 10.0. The van der Waals surface area contributed by atoms with Crippen molar-refractivity contribution in [1.82, 2.24) is 19.9 Å². The number of rotatable bonds is 5. The van der Waals surface area contributed by atoms with Crippen molar-refractivity contribution in [2.45, 2.75) is 12.3 Å². The number of pyridine rings is 1. The summed E-state index contributed by atoms with van der Waals surface area (Å²) in [5.74, 6) is 0.975. The zero-order chi connectivity index (χ0) is 20.7. The van der Waals surface area contributed by atoms with Crippen molar-refractivity contribution in [3.63, 3.8) is 0 Å². The minimum Gasteiger partial charge on any atom is -0.352 e. The third kappa shape index (κ3) is 3.41. The summed E-state index contributed by atoms with van der Waals surface area (Å²) in [5, 5.41) is 3.08. The molecule has 2 atom stereocenters. The lowest BCUT2D eigenvalue weighted by Gasteiger charge is -2.08. The first-order valence-corrected chi connectivity index (χ1v) is 10.1. The number of nitrogens with zero attached hydrogens (tertiary/aromatic N) is 2. The van der Waals surface area contributed by atoms with Gasteiger partial charge in [-0.2, -0.15) is 0 Å². The Labute approximate surface area is 173 Å². The quantitative estimate of drug-likeness (QED) is 0.540. The monoisotopic (exact) mass is 398 g/mol. The molecule has 4 aromatic rings. The van der Waals surface area contributed by atoms with Gasteiger partial charge in [0.15, 0.2) is 5.65 Å². The molecule has 0 spiro atoms. The highest BCUT2D eigenvalue weighted by Crippen LogP contribution is 2.46. The molecule has 1 aliphatic carbocycles. The Morgan fingerprint density at radius 1 is 1.13 bits per heavy atom. The Hall–Kier alpha value is -3.67. The van der Waals surface area contributed by atoms with Crippen molar-refractivity contribution < 1.29 is 4.79 Å². The van der Waals surface area contributed by atoms with Gasteiger partial charge in [-0.25, -0.2) is 9.78 Å². The van der Waals surface area contributed by atoms with Crippen LogP contribution in [-0.2, 0) is 7.05 Å². The Bertz CT molecular complexity index is 1290. The highest BCUT2D eigenvalue weighted by Gasteiger charge is 2.38. The van der Waals surface area contributed by atoms with Crippen LogP contribution in [0, 0.1) is 5.92 Å². The number of aryl methyl sites for hydroxylation is 1. The predicted molar refractivity (Wildman–Crippen MR) is 116 cm³/mol. The van der Waals surface area contributed by atoms with Crippen LogP contribution in [0.4, 0.5) is 0 Å². The fraction of sp³-hybridized carbons (Fsp3) is 0.208. The average molecular weight is 398 g/mol. The third-order valence-corrected chi connectivity index (χ3v) is 5.89. The number of hydrogen-bond donors (Lipinski definition) is 2. The molecule has 0 aliphatic heterocycles. The number of hydrogen-bond acceptors (Lipinski definition) is 3. The van der Waals surface area contributed by atoms with Crippen molar-refractivity contribution >= 4 is 17.1 Å². The van der Waals surface area contributed by atoms with E-state index in [0.717, 1.165) is 23.1 Å². The molecule has 6 heteroatoms. The van der Waals surface area contributed by atoms with Crippen LogP contribution in [0.1, 0.15) is 28.3 Å². The van der Waals surface area contributed by atoms with E-state index in [1.165, 1.54) is 10.1 Å². The number of amides is 1. The van der Waals surface area contributed by atoms with E-state index < -0.39 is 0 Å². The lowest BCUT2D eigenvalue weighted by molar-refractivity contribution is 0.0951. The van der Waals surface area contributed by atoms with E-state index in [-0.39, 0.29) is 11.6 Å². The Balaban J connectivity index is 1.30. The highest BCUT2D eigenvalue weighted by atomic mass is 16.2. The number of carbonyl (C=O) groups excluding carboxylic acids is 1. The topological polar surface area (TPSA) is 79.8 Å². The second-order valence-corrected chi connectivity index (χ2v) is 7.88.